The molecule has 2 aromatic carbocycles. The van der Waals surface area contributed by atoms with Crippen LogP contribution >= 0.6 is 11.6 Å². The number of ether oxygens (including phenoxy) is 2. The van der Waals surface area contributed by atoms with E-state index in [0.29, 0.717) is 24.4 Å². The summed E-state index contributed by atoms with van der Waals surface area (Å²) in [7, 11) is 0. The van der Waals surface area contributed by atoms with Crippen LogP contribution in [0.15, 0.2) is 36.4 Å². The van der Waals surface area contributed by atoms with E-state index in [4.69, 9.17) is 21.1 Å². The van der Waals surface area contributed by atoms with E-state index in [1.54, 1.807) is 32.9 Å². The molecule has 0 fully saturated rings. The molecule has 0 saturated carbocycles. The first-order valence-corrected chi connectivity index (χ1v) is 14.5. The van der Waals surface area contributed by atoms with Crippen LogP contribution in [0, 0.1) is 16.2 Å². The topological polar surface area (TPSA) is 93.7 Å². The second-order valence-corrected chi connectivity index (χ2v) is 14.4. The first-order chi connectivity index (χ1) is 18.8. The van der Waals surface area contributed by atoms with Crippen molar-refractivity contribution in [2.75, 3.05) is 23.8 Å². The summed E-state index contributed by atoms with van der Waals surface area (Å²) in [5.41, 5.74) is 2.88. The number of benzene rings is 2. The van der Waals surface area contributed by atoms with E-state index in [2.05, 4.69) is 64.3 Å². The maximum Gasteiger partial charge on any atom is 0.411 e. The lowest BCUT2D eigenvalue weighted by atomic mass is 9.84. The van der Waals surface area contributed by atoms with Crippen molar-refractivity contribution < 1.29 is 23.9 Å². The maximum atomic E-state index is 12.3. The van der Waals surface area contributed by atoms with Gasteiger partial charge in [-0.15, -0.1) is 0 Å². The predicted octanol–water partition coefficient (Wildman–Crippen LogP) is 8.48. The van der Waals surface area contributed by atoms with Gasteiger partial charge in [0.25, 0.3) is 0 Å². The molecule has 8 heteroatoms. The molecular weight excluding hydrogens is 540 g/mol. The van der Waals surface area contributed by atoms with Gasteiger partial charge in [0, 0.05) is 17.5 Å². The molecular formula is C33H47ClN2O5. The van der Waals surface area contributed by atoms with Crippen molar-refractivity contribution in [3.8, 4) is 5.75 Å². The Morgan fingerprint density at radius 2 is 1.46 bits per heavy atom. The van der Waals surface area contributed by atoms with E-state index in [-0.39, 0.29) is 34.7 Å². The molecule has 41 heavy (non-hydrogen) atoms. The van der Waals surface area contributed by atoms with E-state index in [0.717, 1.165) is 18.6 Å². The molecule has 0 aliphatic heterocycles. The van der Waals surface area contributed by atoms with Gasteiger partial charge in [0.2, 0.25) is 5.91 Å². The average Bonchev–Trinajstić information content (AvgIpc) is 2.79. The van der Waals surface area contributed by atoms with Crippen molar-refractivity contribution in [2.24, 2.45) is 16.2 Å². The summed E-state index contributed by atoms with van der Waals surface area (Å²) in [5.74, 6) is 0.207. The van der Waals surface area contributed by atoms with Gasteiger partial charge >= 0.3 is 6.09 Å². The van der Waals surface area contributed by atoms with Gasteiger partial charge in [-0.25, -0.2) is 4.79 Å². The van der Waals surface area contributed by atoms with Crippen LogP contribution in [0.25, 0.3) is 0 Å². The number of anilines is 2. The molecule has 2 aromatic rings. The lowest BCUT2D eigenvalue weighted by molar-refractivity contribution is -0.130. The monoisotopic (exact) mass is 586 g/mol. The highest BCUT2D eigenvalue weighted by atomic mass is 35.5. The van der Waals surface area contributed by atoms with Gasteiger partial charge in [0.1, 0.15) is 11.5 Å². The molecule has 2 amide bonds. The van der Waals surface area contributed by atoms with Crippen LogP contribution in [-0.2, 0) is 27.2 Å². The second kappa shape index (κ2) is 14.2. The molecule has 0 aliphatic rings. The van der Waals surface area contributed by atoms with E-state index in [1.165, 1.54) is 17.2 Å². The number of Topliss-reactive ketones (excluding diaryl/α,β-unsaturated/α-hetero) is 1. The summed E-state index contributed by atoms with van der Waals surface area (Å²) < 4.78 is 11.4. The van der Waals surface area contributed by atoms with E-state index < -0.39 is 17.4 Å². The fraction of sp³-hybridized carbons (Fsp3) is 0.545. The number of carbonyl (C=O) groups is 3. The number of rotatable bonds is 11. The molecule has 0 atom stereocenters. The van der Waals surface area contributed by atoms with Gasteiger partial charge in [0.15, 0.2) is 0 Å². The van der Waals surface area contributed by atoms with Crippen LogP contribution < -0.4 is 15.4 Å². The van der Waals surface area contributed by atoms with E-state index in [1.807, 2.05) is 6.07 Å². The third-order valence-corrected chi connectivity index (χ3v) is 6.33. The summed E-state index contributed by atoms with van der Waals surface area (Å²) >= 11 is 6.20. The Kier molecular flexibility index (Phi) is 11.8. The summed E-state index contributed by atoms with van der Waals surface area (Å²) in [5, 5.41) is 5.56. The van der Waals surface area contributed by atoms with Crippen molar-refractivity contribution in [1.82, 2.24) is 0 Å². The predicted molar refractivity (Wildman–Crippen MR) is 167 cm³/mol. The summed E-state index contributed by atoms with van der Waals surface area (Å²) in [6.45, 7) is 19.2. The van der Waals surface area contributed by atoms with Crippen LogP contribution in [0.4, 0.5) is 16.2 Å². The molecule has 0 bridgehead atoms. The molecule has 2 N–H and O–H groups in total. The number of nitrogens with one attached hydrogen (secondary N) is 2. The lowest BCUT2D eigenvalue weighted by Gasteiger charge is -2.23. The zero-order chi connectivity index (χ0) is 31.0. The molecule has 0 aromatic heterocycles. The van der Waals surface area contributed by atoms with Gasteiger partial charge in [-0.05, 0) is 59.1 Å². The summed E-state index contributed by atoms with van der Waals surface area (Å²) in [6, 6.07) is 11.1. The fourth-order valence-corrected chi connectivity index (χ4v) is 4.23. The SMILES string of the molecule is CC(C)(C)Cc1ccc(OCCCOC(=O)Nc2ccc(Cl)c(NC(=O)CC(=O)C(C)(C)C)c2)c(CC(C)(C)C)c1. The third-order valence-electron chi connectivity index (χ3n) is 6.00. The van der Waals surface area contributed by atoms with Gasteiger partial charge < -0.3 is 14.8 Å². The number of halogens is 1. The number of hydrogen-bond donors (Lipinski definition) is 2. The molecule has 0 spiro atoms. The largest absolute Gasteiger partial charge is 0.493 e. The highest BCUT2D eigenvalue weighted by molar-refractivity contribution is 6.34. The highest BCUT2D eigenvalue weighted by Crippen LogP contribution is 2.31. The zero-order valence-corrected chi connectivity index (χ0v) is 26.9. The number of ketones is 1. The van der Waals surface area contributed by atoms with Crippen molar-refractivity contribution in [3.63, 3.8) is 0 Å². The Bertz CT molecular complexity index is 1220. The standard InChI is InChI=1S/C33H47ClN2O5/c1-31(2,3)20-22-11-14-27(23(17-22)21-32(4,5)6)40-15-10-16-41-30(39)35-24-12-13-25(34)26(18-24)36-29(38)19-28(37)33(7,8)9/h11-14,17-18H,10,15-16,19-21H2,1-9H3,(H,35,39)(H,36,38). The Hall–Kier alpha value is -3.06. The van der Waals surface area contributed by atoms with Crippen molar-refractivity contribution in [3.05, 3.63) is 52.5 Å². The van der Waals surface area contributed by atoms with Crippen LogP contribution in [0.1, 0.15) is 86.3 Å². The van der Waals surface area contributed by atoms with Gasteiger partial charge in [-0.3, -0.25) is 14.9 Å². The quantitative estimate of drug-likeness (QED) is 0.203. The molecule has 0 radical (unpaired) electrons. The van der Waals surface area contributed by atoms with E-state index in [9.17, 15) is 14.4 Å². The van der Waals surface area contributed by atoms with Crippen molar-refractivity contribution in [1.29, 1.82) is 0 Å². The molecule has 0 saturated heterocycles. The Morgan fingerprint density at radius 3 is 2.07 bits per heavy atom. The third kappa shape index (κ3) is 13.0. The first kappa shape index (κ1) is 34.1. The fourth-order valence-electron chi connectivity index (χ4n) is 4.07. The number of amides is 2. The van der Waals surface area contributed by atoms with Crippen LogP contribution in [-0.4, -0.2) is 31.0 Å². The first-order valence-electron chi connectivity index (χ1n) is 14.1. The second-order valence-electron chi connectivity index (χ2n) is 14.0. The number of carbonyl (C=O) groups excluding carboxylic acids is 3. The van der Waals surface area contributed by atoms with Crippen LogP contribution in [0.2, 0.25) is 5.02 Å². The minimum atomic E-state index is -0.632. The lowest BCUT2D eigenvalue weighted by Crippen LogP contribution is -2.26. The maximum absolute atomic E-state index is 12.3. The van der Waals surface area contributed by atoms with E-state index >= 15 is 0 Å². The van der Waals surface area contributed by atoms with Crippen molar-refractivity contribution in [2.45, 2.75) is 88.0 Å². The summed E-state index contributed by atoms with van der Waals surface area (Å²) in [4.78, 5) is 36.8. The minimum Gasteiger partial charge on any atom is -0.493 e. The number of hydrogen-bond acceptors (Lipinski definition) is 5. The van der Waals surface area contributed by atoms with Gasteiger partial charge in [-0.2, -0.15) is 0 Å². The Balaban J connectivity index is 1.88. The average molecular weight is 587 g/mol. The molecule has 7 nitrogen and oxygen atoms in total. The van der Waals surface area contributed by atoms with Crippen molar-refractivity contribution >= 4 is 40.8 Å². The van der Waals surface area contributed by atoms with Gasteiger partial charge in [-0.1, -0.05) is 86.0 Å². The molecule has 0 unspecified atom stereocenters. The normalized spacial score (nSPS) is 12.0. The van der Waals surface area contributed by atoms with Gasteiger partial charge in [0.05, 0.1) is 30.3 Å². The molecule has 0 aliphatic carbocycles. The van der Waals surface area contributed by atoms with Crippen LogP contribution in [0.3, 0.4) is 0 Å². The Labute approximate surface area is 250 Å². The smallest absolute Gasteiger partial charge is 0.411 e. The zero-order valence-electron chi connectivity index (χ0n) is 26.1. The van der Waals surface area contributed by atoms with Crippen LogP contribution in [0.5, 0.6) is 5.75 Å². The molecule has 2 rings (SSSR count). The molecule has 226 valence electrons. The minimum absolute atomic E-state index is 0.119. The molecule has 0 heterocycles. The summed E-state index contributed by atoms with van der Waals surface area (Å²) in [6.07, 6.45) is 1.52. The Morgan fingerprint density at radius 1 is 0.805 bits per heavy atom. The highest BCUT2D eigenvalue weighted by Gasteiger charge is 2.24.